The van der Waals surface area contributed by atoms with Crippen molar-refractivity contribution >= 4 is 5.91 Å². The second-order valence-corrected chi connectivity index (χ2v) is 7.42. The van der Waals surface area contributed by atoms with Crippen LogP contribution >= 0.6 is 0 Å². The maximum Gasteiger partial charge on any atom is 0.226 e. The van der Waals surface area contributed by atoms with Crippen molar-refractivity contribution in [2.75, 3.05) is 13.1 Å². The molecule has 0 radical (unpaired) electrons. The maximum atomic E-state index is 13.2. The Bertz CT molecular complexity index is 609. The maximum absolute atomic E-state index is 13.2. The molecule has 4 rings (SSSR count). The van der Waals surface area contributed by atoms with Gasteiger partial charge in [-0.25, -0.2) is 4.39 Å². The van der Waals surface area contributed by atoms with Gasteiger partial charge in [0.2, 0.25) is 5.91 Å². The van der Waals surface area contributed by atoms with E-state index in [1.54, 1.807) is 0 Å². The zero-order valence-corrected chi connectivity index (χ0v) is 13.5. The highest BCUT2D eigenvalue weighted by molar-refractivity contribution is 5.80. The first-order valence-corrected chi connectivity index (χ1v) is 8.93. The van der Waals surface area contributed by atoms with E-state index < -0.39 is 0 Å². The molecule has 0 aromatic heterocycles. The number of rotatable bonds is 2. The molecule has 2 nitrogen and oxygen atoms in total. The number of hydrogen-bond acceptors (Lipinski definition) is 1. The minimum atomic E-state index is -0.191. The average Bonchev–Trinajstić information content (AvgIpc) is 3.11. The van der Waals surface area contributed by atoms with Crippen LogP contribution in [-0.2, 0) is 4.79 Å². The van der Waals surface area contributed by atoms with E-state index in [2.05, 4.69) is 17.1 Å². The highest BCUT2D eigenvalue weighted by Crippen LogP contribution is 2.44. The van der Waals surface area contributed by atoms with Crippen LogP contribution in [0.5, 0.6) is 0 Å². The van der Waals surface area contributed by atoms with Crippen molar-refractivity contribution in [1.29, 1.82) is 0 Å². The zero-order chi connectivity index (χ0) is 15.8. The van der Waals surface area contributed by atoms with E-state index in [0.717, 1.165) is 38.8 Å². The quantitative estimate of drug-likeness (QED) is 0.752. The number of nitrogens with zero attached hydrogens (tertiary/aromatic N) is 1. The summed E-state index contributed by atoms with van der Waals surface area (Å²) in [7, 11) is 0. The van der Waals surface area contributed by atoms with Crippen LogP contribution in [0.2, 0.25) is 0 Å². The molecule has 1 saturated heterocycles. The third kappa shape index (κ3) is 2.93. The molecule has 23 heavy (non-hydrogen) atoms. The van der Waals surface area contributed by atoms with E-state index in [1.807, 2.05) is 12.1 Å². The molecule has 2 aliphatic carbocycles. The van der Waals surface area contributed by atoms with Gasteiger partial charge >= 0.3 is 0 Å². The molecule has 1 heterocycles. The predicted octanol–water partition coefficient (Wildman–Crippen LogP) is 4.13. The number of likely N-dealkylation sites (tertiary alicyclic amines) is 1. The molecule has 2 fully saturated rings. The third-order valence-electron chi connectivity index (χ3n) is 5.92. The Morgan fingerprint density at radius 1 is 1.09 bits per heavy atom. The largest absolute Gasteiger partial charge is 0.342 e. The molecule has 1 aromatic carbocycles. The van der Waals surface area contributed by atoms with E-state index in [0.29, 0.717) is 23.7 Å². The van der Waals surface area contributed by atoms with Crippen molar-refractivity contribution in [3.63, 3.8) is 0 Å². The minimum absolute atomic E-state index is 0.191. The second kappa shape index (κ2) is 6.10. The molecule has 3 heteroatoms. The van der Waals surface area contributed by atoms with Crippen molar-refractivity contribution in [2.24, 2.45) is 17.8 Å². The topological polar surface area (TPSA) is 20.3 Å². The molecule has 1 aliphatic heterocycles. The first kappa shape index (κ1) is 14.9. The fourth-order valence-corrected chi connectivity index (χ4v) is 4.65. The van der Waals surface area contributed by atoms with Gasteiger partial charge in [0.05, 0.1) is 0 Å². The van der Waals surface area contributed by atoms with E-state index in [-0.39, 0.29) is 11.7 Å². The van der Waals surface area contributed by atoms with Gasteiger partial charge in [-0.05, 0) is 55.2 Å². The van der Waals surface area contributed by atoms with Crippen LogP contribution in [0.25, 0.3) is 0 Å². The molecule has 1 saturated carbocycles. The molecular weight excluding hydrogens is 289 g/mol. The van der Waals surface area contributed by atoms with Crippen molar-refractivity contribution < 1.29 is 9.18 Å². The molecule has 3 aliphatic rings. The molecule has 0 unspecified atom stereocenters. The Hall–Kier alpha value is -1.64. The molecule has 4 atom stereocenters. The number of benzene rings is 1. The molecule has 2 bridgehead atoms. The fourth-order valence-electron chi connectivity index (χ4n) is 4.65. The molecule has 0 N–H and O–H groups in total. The Morgan fingerprint density at radius 2 is 1.91 bits per heavy atom. The number of carbonyl (C=O) groups excluding carboxylic acids is 1. The second-order valence-electron chi connectivity index (χ2n) is 7.42. The SMILES string of the molecule is O=C([C@@H]1C[C@H]2C=C[C@H]1C2)N1CCCC[C@H](c2ccc(F)cc2)C1. The van der Waals surface area contributed by atoms with Gasteiger partial charge in [-0.1, -0.05) is 30.7 Å². The Morgan fingerprint density at radius 3 is 2.61 bits per heavy atom. The molecule has 1 aromatic rings. The lowest BCUT2D eigenvalue weighted by molar-refractivity contribution is -0.136. The van der Waals surface area contributed by atoms with Gasteiger partial charge in [-0.2, -0.15) is 0 Å². The number of hydrogen-bond donors (Lipinski definition) is 0. The standard InChI is InChI=1S/C20H24FNO/c21-18-8-6-15(7-9-18)17-3-1-2-10-22(13-17)20(23)19-12-14-4-5-16(19)11-14/h4-9,14,16-17,19H,1-3,10-13H2/t14-,16-,17-,19+/m0/s1. The van der Waals surface area contributed by atoms with Crippen molar-refractivity contribution in [1.82, 2.24) is 4.90 Å². The van der Waals surface area contributed by atoms with Gasteiger partial charge in [0, 0.05) is 24.9 Å². The van der Waals surface area contributed by atoms with Gasteiger partial charge in [-0.15, -0.1) is 0 Å². The number of amides is 1. The van der Waals surface area contributed by atoms with Crippen molar-refractivity contribution in [3.8, 4) is 0 Å². The smallest absolute Gasteiger partial charge is 0.226 e. The summed E-state index contributed by atoms with van der Waals surface area (Å²) in [5, 5.41) is 0. The van der Waals surface area contributed by atoms with E-state index in [1.165, 1.54) is 24.1 Å². The Labute approximate surface area is 137 Å². The van der Waals surface area contributed by atoms with Crippen molar-refractivity contribution in [2.45, 2.75) is 38.0 Å². The number of halogens is 1. The summed E-state index contributed by atoms with van der Waals surface area (Å²) in [5.74, 6) is 1.82. The van der Waals surface area contributed by atoms with Crippen molar-refractivity contribution in [3.05, 3.63) is 47.8 Å². The first-order valence-electron chi connectivity index (χ1n) is 8.93. The lowest BCUT2D eigenvalue weighted by atomic mass is 9.91. The third-order valence-corrected chi connectivity index (χ3v) is 5.92. The van der Waals surface area contributed by atoms with Crippen LogP contribution in [0.3, 0.4) is 0 Å². The zero-order valence-electron chi connectivity index (χ0n) is 13.5. The summed E-state index contributed by atoms with van der Waals surface area (Å²) in [6, 6.07) is 6.84. The molecule has 1 amide bonds. The summed E-state index contributed by atoms with van der Waals surface area (Å²) < 4.78 is 13.2. The summed E-state index contributed by atoms with van der Waals surface area (Å²) >= 11 is 0. The summed E-state index contributed by atoms with van der Waals surface area (Å²) in [6.07, 6.45) is 10.1. The molecule has 0 spiro atoms. The van der Waals surface area contributed by atoms with Crippen LogP contribution in [0, 0.1) is 23.6 Å². The van der Waals surface area contributed by atoms with E-state index in [9.17, 15) is 9.18 Å². The van der Waals surface area contributed by atoms with Gasteiger partial charge in [0.15, 0.2) is 0 Å². The summed E-state index contributed by atoms with van der Waals surface area (Å²) in [6.45, 7) is 1.68. The van der Waals surface area contributed by atoms with Crippen LogP contribution in [-0.4, -0.2) is 23.9 Å². The number of allylic oxidation sites excluding steroid dienone is 2. The highest BCUT2D eigenvalue weighted by atomic mass is 19.1. The van der Waals surface area contributed by atoms with Gasteiger partial charge < -0.3 is 4.90 Å². The summed E-state index contributed by atoms with van der Waals surface area (Å²) in [5.41, 5.74) is 1.17. The Kier molecular flexibility index (Phi) is 3.96. The normalized spacial score (nSPS) is 33.0. The molecular formula is C20H24FNO. The van der Waals surface area contributed by atoms with E-state index >= 15 is 0 Å². The number of carbonyl (C=O) groups is 1. The number of fused-ring (bicyclic) bond motifs is 2. The van der Waals surface area contributed by atoms with Crippen LogP contribution in [0.1, 0.15) is 43.6 Å². The van der Waals surface area contributed by atoms with Gasteiger partial charge in [0.25, 0.3) is 0 Å². The minimum Gasteiger partial charge on any atom is -0.342 e. The lowest BCUT2D eigenvalue weighted by Crippen LogP contribution is -2.39. The lowest BCUT2D eigenvalue weighted by Gasteiger charge is -2.29. The van der Waals surface area contributed by atoms with Crippen LogP contribution in [0.4, 0.5) is 4.39 Å². The average molecular weight is 313 g/mol. The molecule has 122 valence electrons. The van der Waals surface area contributed by atoms with Gasteiger partial charge in [-0.3, -0.25) is 4.79 Å². The van der Waals surface area contributed by atoms with Gasteiger partial charge in [0.1, 0.15) is 5.82 Å². The van der Waals surface area contributed by atoms with E-state index in [4.69, 9.17) is 0 Å². The summed E-state index contributed by atoms with van der Waals surface area (Å²) in [4.78, 5) is 15.1. The first-order chi connectivity index (χ1) is 11.2. The predicted molar refractivity (Wildman–Crippen MR) is 88.4 cm³/mol. The monoisotopic (exact) mass is 313 g/mol. The Balaban J connectivity index is 1.48. The van der Waals surface area contributed by atoms with Crippen LogP contribution in [0.15, 0.2) is 36.4 Å². The van der Waals surface area contributed by atoms with Crippen LogP contribution < -0.4 is 0 Å². The highest BCUT2D eigenvalue weighted by Gasteiger charge is 2.41. The fraction of sp³-hybridized carbons (Fsp3) is 0.550.